The first-order chi connectivity index (χ1) is 14.3. The average molecular weight is 449 g/mol. The maximum Gasteiger partial charge on any atom is 0.244 e. The van der Waals surface area contributed by atoms with Crippen molar-refractivity contribution < 1.29 is 14.3 Å². The van der Waals surface area contributed by atoms with E-state index in [1.54, 1.807) is 23.1 Å². The fourth-order valence-corrected chi connectivity index (χ4v) is 3.95. The van der Waals surface area contributed by atoms with Crippen LogP contribution in [0.3, 0.4) is 0 Å². The highest BCUT2D eigenvalue weighted by Gasteiger charge is 2.25. The third-order valence-electron chi connectivity index (χ3n) is 5.37. The van der Waals surface area contributed by atoms with Gasteiger partial charge in [-0.05, 0) is 61.6 Å². The highest BCUT2D eigenvalue weighted by atomic mass is 35.5. The summed E-state index contributed by atoms with van der Waals surface area (Å²) in [6.07, 6.45) is 1.89. The Morgan fingerprint density at radius 2 is 2.00 bits per heavy atom. The first-order valence-corrected chi connectivity index (χ1v) is 10.8. The summed E-state index contributed by atoms with van der Waals surface area (Å²) in [7, 11) is 0. The molecule has 7 heteroatoms. The van der Waals surface area contributed by atoms with Gasteiger partial charge in [-0.3, -0.25) is 9.59 Å². The number of anilines is 1. The van der Waals surface area contributed by atoms with Crippen molar-refractivity contribution in [1.29, 1.82) is 0 Å². The standard InChI is InChI=1S/C23H26Cl2N2O3/c1-15-5-3-7-21(16(15)2)26-22(28)14-27(13-19-6-4-10-30-19)23(29)11-17-8-9-18(24)12-20(17)25/h3,5,7-9,12,19H,4,6,10-11,13-14H2,1-2H3,(H,26,28). The molecule has 1 N–H and O–H groups in total. The zero-order valence-electron chi connectivity index (χ0n) is 17.2. The Kier molecular flexibility index (Phi) is 7.75. The molecule has 1 heterocycles. The quantitative estimate of drug-likeness (QED) is 0.661. The molecule has 2 aromatic carbocycles. The third kappa shape index (κ3) is 5.97. The lowest BCUT2D eigenvalue weighted by atomic mass is 10.1. The summed E-state index contributed by atoms with van der Waals surface area (Å²) < 4.78 is 5.69. The Hall–Kier alpha value is -2.08. The fourth-order valence-electron chi connectivity index (χ4n) is 3.48. The first-order valence-electron chi connectivity index (χ1n) is 10.0. The number of ether oxygens (including phenoxy) is 1. The number of amides is 2. The minimum atomic E-state index is -0.239. The van der Waals surface area contributed by atoms with Gasteiger partial charge >= 0.3 is 0 Å². The topological polar surface area (TPSA) is 58.6 Å². The number of carbonyl (C=O) groups is 2. The highest BCUT2D eigenvalue weighted by molar-refractivity contribution is 6.35. The van der Waals surface area contributed by atoms with Gasteiger partial charge in [-0.15, -0.1) is 0 Å². The van der Waals surface area contributed by atoms with Crippen molar-refractivity contribution in [1.82, 2.24) is 4.90 Å². The molecule has 1 aliphatic rings. The molecule has 0 radical (unpaired) electrons. The van der Waals surface area contributed by atoms with Gasteiger partial charge in [-0.2, -0.15) is 0 Å². The van der Waals surface area contributed by atoms with Crippen molar-refractivity contribution >= 4 is 40.7 Å². The van der Waals surface area contributed by atoms with Crippen LogP contribution in [0.5, 0.6) is 0 Å². The van der Waals surface area contributed by atoms with Gasteiger partial charge in [0.15, 0.2) is 0 Å². The predicted octanol–water partition coefficient (Wildman–Crippen LogP) is 4.80. The normalized spacial score (nSPS) is 15.8. The molecule has 3 rings (SSSR count). The zero-order valence-corrected chi connectivity index (χ0v) is 18.7. The van der Waals surface area contributed by atoms with Gasteiger partial charge in [0.25, 0.3) is 0 Å². The molecule has 30 heavy (non-hydrogen) atoms. The molecule has 2 aromatic rings. The van der Waals surface area contributed by atoms with Crippen molar-refractivity contribution in [3.63, 3.8) is 0 Å². The molecule has 0 aliphatic carbocycles. The highest BCUT2D eigenvalue weighted by Crippen LogP contribution is 2.23. The molecule has 1 saturated heterocycles. The molecule has 2 amide bonds. The Morgan fingerprint density at radius 1 is 1.20 bits per heavy atom. The Balaban J connectivity index is 1.71. The van der Waals surface area contributed by atoms with E-state index in [9.17, 15) is 9.59 Å². The number of halogens is 2. The Morgan fingerprint density at radius 3 is 2.70 bits per heavy atom. The van der Waals surface area contributed by atoms with Crippen LogP contribution in [0.25, 0.3) is 0 Å². The molecule has 1 aliphatic heterocycles. The largest absolute Gasteiger partial charge is 0.376 e. The Bertz CT molecular complexity index is 927. The molecule has 0 bridgehead atoms. The summed E-state index contributed by atoms with van der Waals surface area (Å²) in [5.74, 6) is -0.414. The second-order valence-corrected chi connectivity index (χ2v) is 8.46. The molecular weight excluding hydrogens is 423 g/mol. The summed E-state index contributed by atoms with van der Waals surface area (Å²) in [6, 6.07) is 10.8. The minimum Gasteiger partial charge on any atom is -0.376 e. The number of nitrogens with zero attached hydrogens (tertiary/aromatic N) is 1. The first kappa shape index (κ1) is 22.6. The van der Waals surface area contributed by atoms with Crippen molar-refractivity contribution in [2.24, 2.45) is 0 Å². The van der Waals surface area contributed by atoms with Crippen LogP contribution in [0.1, 0.15) is 29.5 Å². The SMILES string of the molecule is Cc1cccc(NC(=O)CN(CC2CCCO2)C(=O)Cc2ccc(Cl)cc2Cl)c1C. The Labute approximate surface area is 187 Å². The van der Waals surface area contributed by atoms with Crippen LogP contribution in [0.2, 0.25) is 10.0 Å². The molecule has 0 spiro atoms. The number of hydrogen-bond acceptors (Lipinski definition) is 3. The molecule has 1 unspecified atom stereocenters. The lowest BCUT2D eigenvalue weighted by molar-refractivity contribution is -0.135. The molecule has 1 atom stereocenters. The van der Waals surface area contributed by atoms with Crippen molar-refractivity contribution in [3.8, 4) is 0 Å². The van der Waals surface area contributed by atoms with Crippen LogP contribution in [0, 0.1) is 13.8 Å². The molecule has 1 fully saturated rings. The number of aryl methyl sites for hydroxylation is 1. The summed E-state index contributed by atoms with van der Waals surface area (Å²) in [5.41, 5.74) is 3.54. The maximum atomic E-state index is 13.0. The number of carbonyl (C=O) groups excluding carboxylic acids is 2. The van der Waals surface area contributed by atoms with Crippen LogP contribution in [-0.4, -0.2) is 42.5 Å². The van der Waals surface area contributed by atoms with Crippen molar-refractivity contribution in [2.75, 3.05) is 25.0 Å². The summed E-state index contributed by atoms with van der Waals surface area (Å²) in [5, 5.41) is 3.88. The van der Waals surface area contributed by atoms with E-state index in [-0.39, 0.29) is 30.9 Å². The van der Waals surface area contributed by atoms with Gasteiger partial charge < -0.3 is 15.0 Å². The van der Waals surface area contributed by atoms with E-state index in [4.69, 9.17) is 27.9 Å². The van der Waals surface area contributed by atoms with Crippen LogP contribution >= 0.6 is 23.2 Å². The summed E-state index contributed by atoms with van der Waals surface area (Å²) >= 11 is 12.2. The zero-order chi connectivity index (χ0) is 21.7. The number of benzene rings is 2. The summed E-state index contributed by atoms with van der Waals surface area (Å²) in [6.45, 7) is 4.98. The van der Waals surface area contributed by atoms with E-state index >= 15 is 0 Å². The van der Waals surface area contributed by atoms with Crippen LogP contribution in [-0.2, 0) is 20.7 Å². The fraction of sp³-hybridized carbons (Fsp3) is 0.391. The number of rotatable bonds is 7. The average Bonchev–Trinajstić information content (AvgIpc) is 3.20. The molecule has 0 saturated carbocycles. The van der Waals surface area contributed by atoms with Gasteiger partial charge in [0.1, 0.15) is 0 Å². The second-order valence-electron chi connectivity index (χ2n) is 7.62. The molecular formula is C23H26Cl2N2O3. The monoisotopic (exact) mass is 448 g/mol. The van der Waals surface area contributed by atoms with E-state index in [0.717, 1.165) is 29.7 Å². The van der Waals surface area contributed by atoms with Crippen LogP contribution in [0.4, 0.5) is 5.69 Å². The van der Waals surface area contributed by atoms with Crippen molar-refractivity contribution in [3.05, 3.63) is 63.1 Å². The predicted molar refractivity (Wildman–Crippen MR) is 120 cm³/mol. The van der Waals surface area contributed by atoms with E-state index in [2.05, 4.69) is 5.32 Å². The van der Waals surface area contributed by atoms with E-state index < -0.39 is 0 Å². The molecule has 0 aromatic heterocycles. The van der Waals surface area contributed by atoms with E-state index in [1.165, 1.54) is 0 Å². The second kappa shape index (κ2) is 10.3. The van der Waals surface area contributed by atoms with E-state index in [0.29, 0.717) is 28.8 Å². The number of hydrogen-bond donors (Lipinski definition) is 1. The molecule has 160 valence electrons. The van der Waals surface area contributed by atoms with Gasteiger partial charge in [0, 0.05) is 28.9 Å². The smallest absolute Gasteiger partial charge is 0.244 e. The minimum absolute atomic E-state index is 0.0444. The lowest BCUT2D eigenvalue weighted by Gasteiger charge is -2.25. The van der Waals surface area contributed by atoms with Gasteiger partial charge in [-0.1, -0.05) is 41.4 Å². The third-order valence-corrected chi connectivity index (χ3v) is 5.96. The van der Waals surface area contributed by atoms with Gasteiger partial charge in [0.05, 0.1) is 19.1 Å². The van der Waals surface area contributed by atoms with Crippen LogP contribution in [0.15, 0.2) is 36.4 Å². The van der Waals surface area contributed by atoms with Crippen molar-refractivity contribution in [2.45, 2.75) is 39.2 Å². The molecule has 5 nitrogen and oxygen atoms in total. The maximum absolute atomic E-state index is 13.0. The van der Waals surface area contributed by atoms with Crippen LogP contribution < -0.4 is 5.32 Å². The lowest BCUT2D eigenvalue weighted by Crippen LogP contribution is -2.43. The van der Waals surface area contributed by atoms with Gasteiger partial charge in [-0.25, -0.2) is 0 Å². The summed E-state index contributed by atoms with van der Waals surface area (Å²) in [4.78, 5) is 27.3. The number of nitrogens with one attached hydrogen (secondary N) is 1. The van der Waals surface area contributed by atoms with E-state index in [1.807, 2.05) is 32.0 Å². The van der Waals surface area contributed by atoms with Gasteiger partial charge in [0.2, 0.25) is 11.8 Å².